The number of hydrogen-bond donors (Lipinski definition) is 1. The molecule has 5 rings (SSSR count). The fourth-order valence-corrected chi connectivity index (χ4v) is 5.08. The molecule has 0 fully saturated rings. The molecule has 1 unspecified atom stereocenters. The number of aryl methyl sites for hydroxylation is 2. The maximum atomic E-state index is 13.3. The Morgan fingerprint density at radius 1 is 1.15 bits per heavy atom. The lowest BCUT2D eigenvalue weighted by molar-refractivity contribution is 0.0945. The number of imidazole rings is 1. The molecule has 0 saturated heterocycles. The second kappa shape index (κ2) is 8.84. The number of hydrogen-bond acceptors (Lipinski definition) is 4. The van der Waals surface area contributed by atoms with Crippen LogP contribution in [-0.4, -0.2) is 25.2 Å². The summed E-state index contributed by atoms with van der Waals surface area (Å²) in [5, 5.41) is 9.56. The predicted octanol–water partition coefficient (Wildman–Crippen LogP) is 5.36. The number of nitrogens with zero attached hydrogens (tertiary/aromatic N) is 4. The van der Waals surface area contributed by atoms with E-state index in [-0.39, 0.29) is 11.9 Å². The first-order valence-corrected chi connectivity index (χ1v) is 11.7. The van der Waals surface area contributed by atoms with Crippen LogP contribution in [0.1, 0.15) is 38.4 Å². The second-order valence-corrected chi connectivity index (χ2v) is 9.38. The standard InChI is InChI=1S/C25H22ClN5OS/c1-16-20-14-21(33-25(20)31(29-16)15-17-8-10-19(26)11-9-17)24(32)28-22(18-6-4-3-5-7-18)23-27-12-13-30(23)2/h3-14,22H,15H2,1-2H3,(H,28,32). The lowest BCUT2D eigenvalue weighted by Gasteiger charge is -2.18. The highest BCUT2D eigenvalue weighted by atomic mass is 35.5. The Morgan fingerprint density at radius 2 is 1.91 bits per heavy atom. The smallest absolute Gasteiger partial charge is 0.262 e. The minimum atomic E-state index is -0.351. The van der Waals surface area contributed by atoms with Crippen LogP contribution in [0.25, 0.3) is 10.2 Å². The van der Waals surface area contributed by atoms with Gasteiger partial charge in [0.1, 0.15) is 16.7 Å². The Kier molecular flexibility index (Phi) is 5.74. The Balaban J connectivity index is 1.45. The van der Waals surface area contributed by atoms with Crippen LogP contribution in [0.2, 0.25) is 5.02 Å². The molecule has 0 aliphatic heterocycles. The number of amides is 1. The van der Waals surface area contributed by atoms with Gasteiger partial charge in [-0.05, 0) is 36.2 Å². The number of carbonyl (C=O) groups excluding carboxylic acids is 1. The van der Waals surface area contributed by atoms with Crippen molar-refractivity contribution >= 4 is 39.1 Å². The molecule has 0 radical (unpaired) electrons. The minimum Gasteiger partial charge on any atom is -0.337 e. The lowest BCUT2D eigenvalue weighted by Crippen LogP contribution is -2.30. The van der Waals surface area contributed by atoms with E-state index in [1.54, 1.807) is 6.20 Å². The summed E-state index contributed by atoms with van der Waals surface area (Å²) in [6.45, 7) is 2.58. The molecule has 0 spiro atoms. The molecule has 166 valence electrons. The molecular weight excluding hydrogens is 454 g/mol. The molecule has 1 atom stereocenters. The third-order valence-corrected chi connectivity index (χ3v) is 7.00. The Bertz CT molecular complexity index is 1420. The second-order valence-electron chi connectivity index (χ2n) is 7.91. The molecule has 6 nitrogen and oxygen atoms in total. The molecular formula is C25H22ClN5OS. The van der Waals surface area contributed by atoms with Crippen LogP contribution in [-0.2, 0) is 13.6 Å². The van der Waals surface area contributed by atoms with E-state index in [4.69, 9.17) is 11.6 Å². The Morgan fingerprint density at radius 3 is 2.61 bits per heavy atom. The number of aromatic nitrogens is 4. The number of halogens is 1. The van der Waals surface area contributed by atoms with Crippen LogP contribution in [0.5, 0.6) is 0 Å². The summed E-state index contributed by atoms with van der Waals surface area (Å²) in [7, 11) is 1.93. The summed E-state index contributed by atoms with van der Waals surface area (Å²) in [6.07, 6.45) is 3.62. The molecule has 33 heavy (non-hydrogen) atoms. The zero-order valence-corrected chi connectivity index (χ0v) is 19.8. The number of rotatable bonds is 6. The molecule has 1 amide bonds. The van der Waals surface area contributed by atoms with Crippen molar-refractivity contribution in [1.29, 1.82) is 0 Å². The summed E-state index contributed by atoms with van der Waals surface area (Å²) >= 11 is 7.46. The van der Waals surface area contributed by atoms with Crippen molar-refractivity contribution in [2.45, 2.75) is 19.5 Å². The van der Waals surface area contributed by atoms with E-state index in [0.29, 0.717) is 16.4 Å². The summed E-state index contributed by atoms with van der Waals surface area (Å²) in [4.78, 5) is 19.4. The molecule has 0 aliphatic rings. The van der Waals surface area contributed by atoms with Gasteiger partial charge in [-0.25, -0.2) is 4.98 Å². The van der Waals surface area contributed by atoms with Crippen LogP contribution in [0.3, 0.4) is 0 Å². The van der Waals surface area contributed by atoms with E-state index in [0.717, 1.165) is 32.9 Å². The summed E-state index contributed by atoms with van der Waals surface area (Å²) in [5.74, 6) is 0.645. The summed E-state index contributed by atoms with van der Waals surface area (Å²) in [5.41, 5.74) is 2.98. The van der Waals surface area contributed by atoms with Gasteiger partial charge in [0.15, 0.2) is 0 Å². The molecule has 1 N–H and O–H groups in total. The zero-order valence-electron chi connectivity index (χ0n) is 18.2. The Labute approximate surface area is 200 Å². The molecule has 2 aromatic carbocycles. The first-order chi connectivity index (χ1) is 16.0. The van der Waals surface area contributed by atoms with E-state index < -0.39 is 0 Å². The monoisotopic (exact) mass is 475 g/mol. The van der Waals surface area contributed by atoms with Crippen molar-refractivity contribution in [3.8, 4) is 0 Å². The van der Waals surface area contributed by atoms with Crippen LogP contribution in [0.4, 0.5) is 0 Å². The van der Waals surface area contributed by atoms with Gasteiger partial charge in [0.05, 0.1) is 17.1 Å². The molecule has 0 saturated carbocycles. The van der Waals surface area contributed by atoms with Crippen molar-refractivity contribution < 1.29 is 4.79 Å². The van der Waals surface area contributed by atoms with Crippen LogP contribution < -0.4 is 5.32 Å². The number of thiophene rings is 1. The van der Waals surface area contributed by atoms with Gasteiger partial charge < -0.3 is 9.88 Å². The van der Waals surface area contributed by atoms with E-state index in [1.165, 1.54) is 11.3 Å². The normalized spacial score (nSPS) is 12.2. The van der Waals surface area contributed by atoms with E-state index in [1.807, 2.05) is 90.1 Å². The van der Waals surface area contributed by atoms with Crippen molar-refractivity contribution in [3.63, 3.8) is 0 Å². The molecule has 8 heteroatoms. The van der Waals surface area contributed by atoms with E-state index in [2.05, 4.69) is 15.4 Å². The molecule has 3 heterocycles. The third kappa shape index (κ3) is 4.29. The number of benzene rings is 2. The predicted molar refractivity (Wildman–Crippen MR) is 132 cm³/mol. The van der Waals surface area contributed by atoms with Gasteiger partial charge in [0, 0.05) is 29.9 Å². The van der Waals surface area contributed by atoms with Gasteiger partial charge in [-0.2, -0.15) is 5.10 Å². The highest BCUT2D eigenvalue weighted by Crippen LogP contribution is 2.30. The quantitative estimate of drug-likeness (QED) is 0.359. The van der Waals surface area contributed by atoms with Gasteiger partial charge in [-0.1, -0.05) is 54.1 Å². The largest absolute Gasteiger partial charge is 0.337 e. The fraction of sp³-hybridized carbons (Fsp3) is 0.160. The number of carbonyl (C=O) groups is 1. The van der Waals surface area contributed by atoms with Gasteiger partial charge in [-0.3, -0.25) is 9.48 Å². The van der Waals surface area contributed by atoms with Crippen molar-refractivity contribution in [3.05, 3.63) is 106 Å². The first-order valence-electron chi connectivity index (χ1n) is 10.5. The lowest BCUT2D eigenvalue weighted by atomic mass is 10.1. The molecule has 5 aromatic rings. The van der Waals surface area contributed by atoms with E-state index in [9.17, 15) is 4.79 Å². The SMILES string of the molecule is Cc1nn(Cc2ccc(Cl)cc2)c2sc(C(=O)NC(c3ccccc3)c3nccn3C)cc12. The maximum absolute atomic E-state index is 13.3. The summed E-state index contributed by atoms with van der Waals surface area (Å²) < 4.78 is 3.87. The van der Waals surface area contributed by atoms with Gasteiger partial charge >= 0.3 is 0 Å². The maximum Gasteiger partial charge on any atom is 0.262 e. The molecule has 0 aliphatic carbocycles. The van der Waals surface area contributed by atoms with Crippen molar-refractivity contribution in [2.24, 2.45) is 7.05 Å². The molecule has 3 aromatic heterocycles. The Hall–Kier alpha value is -3.42. The van der Waals surface area contributed by atoms with Crippen LogP contribution in [0.15, 0.2) is 73.1 Å². The number of nitrogens with one attached hydrogen (secondary N) is 1. The number of fused-ring (bicyclic) bond motifs is 1. The first kappa shape index (κ1) is 21.4. The highest BCUT2D eigenvalue weighted by Gasteiger charge is 2.23. The van der Waals surface area contributed by atoms with Gasteiger partial charge in [0.25, 0.3) is 5.91 Å². The third-order valence-electron chi connectivity index (χ3n) is 5.60. The molecule has 0 bridgehead atoms. The average Bonchev–Trinajstić information content (AvgIpc) is 3.52. The average molecular weight is 476 g/mol. The van der Waals surface area contributed by atoms with E-state index >= 15 is 0 Å². The van der Waals surface area contributed by atoms with Crippen molar-refractivity contribution in [1.82, 2.24) is 24.6 Å². The van der Waals surface area contributed by atoms with Crippen LogP contribution >= 0.6 is 22.9 Å². The van der Waals surface area contributed by atoms with Gasteiger partial charge in [0.2, 0.25) is 0 Å². The topological polar surface area (TPSA) is 64.7 Å². The minimum absolute atomic E-state index is 0.134. The van der Waals surface area contributed by atoms with Crippen molar-refractivity contribution in [2.75, 3.05) is 0 Å². The zero-order chi connectivity index (χ0) is 22.9. The van der Waals surface area contributed by atoms with Gasteiger partial charge in [-0.15, -0.1) is 11.3 Å². The highest BCUT2D eigenvalue weighted by molar-refractivity contribution is 7.20. The van der Waals surface area contributed by atoms with Crippen LogP contribution in [0, 0.1) is 6.92 Å². The summed E-state index contributed by atoms with van der Waals surface area (Å²) in [6, 6.07) is 19.2. The fourth-order valence-electron chi connectivity index (χ4n) is 3.89.